The molecule has 3 heteroatoms. The topological polar surface area (TPSA) is 44.5 Å². The molecule has 19 heavy (non-hydrogen) atoms. The predicted molar refractivity (Wildman–Crippen MR) is 74.1 cm³/mol. The molecule has 0 bridgehead atoms. The van der Waals surface area contributed by atoms with E-state index >= 15 is 0 Å². The standard InChI is InChI=1S/C16H16NO2/c1-11-15(13-9-5-6-10-14(13)17)19-16(18-11)12-7-3-2-4-8-12/h2-11,15-16H,1,17H2/t11-,15+,16?/m1/s1. The van der Waals surface area contributed by atoms with Crippen LogP contribution in [-0.2, 0) is 9.47 Å². The molecule has 0 aromatic heterocycles. The van der Waals surface area contributed by atoms with Crippen LogP contribution >= 0.6 is 0 Å². The van der Waals surface area contributed by atoms with E-state index in [4.69, 9.17) is 15.2 Å². The fourth-order valence-corrected chi connectivity index (χ4v) is 2.29. The number of anilines is 1. The fourth-order valence-electron chi connectivity index (χ4n) is 2.29. The Kier molecular flexibility index (Phi) is 3.23. The van der Waals surface area contributed by atoms with Crippen LogP contribution in [0.4, 0.5) is 5.69 Å². The van der Waals surface area contributed by atoms with E-state index in [1.54, 1.807) is 0 Å². The number of benzene rings is 2. The molecule has 0 amide bonds. The molecule has 1 heterocycles. The fraction of sp³-hybridized carbons (Fsp3) is 0.188. The van der Waals surface area contributed by atoms with E-state index in [1.165, 1.54) is 0 Å². The molecule has 1 aliphatic rings. The summed E-state index contributed by atoms with van der Waals surface area (Å²) in [6.45, 7) is 4.01. The molecule has 1 fully saturated rings. The summed E-state index contributed by atoms with van der Waals surface area (Å²) in [6.07, 6.45) is -0.880. The number of ether oxygens (including phenoxy) is 2. The Bertz CT molecular complexity index is 556. The van der Waals surface area contributed by atoms with Crippen LogP contribution in [0.15, 0.2) is 54.6 Å². The lowest BCUT2D eigenvalue weighted by Gasteiger charge is -2.15. The van der Waals surface area contributed by atoms with Gasteiger partial charge in [-0.3, -0.25) is 0 Å². The Labute approximate surface area is 113 Å². The highest BCUT2D eigenvalue weighted by molar-refractivity contribution is 5.48. The van der Waals surface area contributed by atoms with Crippen LogP contribution in [0.5, 0.6) is 0 Å². The predicted octanol–water partition coefficient (Wildman–Crippen LogP) is 3.26. The monoisotopic (exact) mass is 254 g/mol. The van der Waals surface area contributed by atoms with E-state index in [2.05, 4.69) is 6.92 Å². The second-order valence-corrected chi connectivity index (χ2v) is 4.60. The van der Waals surface area contributed by atoms with Crippen molar-refractivity contribution in [2.45, 2.75) is 18.5 Å². The SMILES string of the molecule is [CH2][C@H]1OC(c2ccccc2)O[C@@H]1c1ccccc1N. The van der Waals surface area contributed by atoms with Crippen molar-refractivity contribution < 1.29 is 9.47 Å². The van der Waals surface area contributed by atoms with Gasteiger partial charge in [-0.1, -0.05) is 48.5 Å². The van der Waals surface area contributed by atoms with Crippen molar-refractivity contribution in [3.8, 4) is 0 Å². The van der Waals surface area contributed by atoms with E-state index in [0.29, 0.717) is 5.69 Å². The molecule has 1 aliphatic heterocycles. The number of para-hydroxylation sites is 1. The average molecular weight is 254 g/mol. The molecule has 2 aromatic rings. The molecule has 2 N–H and O–H groups in total. The van der Waals surface area contributed by atoms with Gasteiger partial charge in [0.15, 0.2) is 6.29 Å². The van der Waals surface area contributed by atoms with Crippen molar-refractivity contribution in [1.29, 1.82) is 0 Å². The van der Waals surface area contributed by atoms with Gasteiger partial charge in [0.1, 0.15) is 6.10 Å². The van der Waals surface area contributed by atoms with Gasteiger partial charge in [-0.2, -0.15) is 0 Å². The van der Waals surface area contributed by atoms with E-state index in [9.17, 15) is 0 Å². The molecule has 1 radical (unpaired) electrons. The highest BCUT2D eigenvalue weighted by Crippen LogP contribution is 2.40. The normalized spacial score (nSPS) is 26.5. The minimum absolute atomic E-state index is 0.230. The third-order valence-electron chi connectivity index (χ3n) is 3.28. The van der Waals surface area contributed by atoms with Gasteiger partial charge in [0.05, 0.1) is 6.10 Å². The van der Waals surface area contributed by atoms with Crippen molar-refractivity contribution in [1.82, 2.24) is 0 Å². The largest absolute Gasteiger partial charge is 0.398 e. The van der Waals surface area contributed by atoms with Crippen LogP contribution in [-0.4, -0.2) is 6.10 Å². The molecular formula is C16H16NO2. The lowest BCUT2D eigenvalue weighted by atomic mass is 10.0. The lowest BCUT2D eigenvalue weighted by molar-refractivity contribution is -0.0656. The number of hydrogen-bond acceptors (Lipinski definition) is 3. The van der Waals surface area contributed by atoms with Crippen molar-refractivity contribution in [3.05, 3.63) is 72.6 Å². The lowest BCUT2D eigenvalue weighted by Crippen LogP contribution is -2.12. The smallest absolute Gasteiger partial charge is 0.185 e. The average Bonchev–Trinajstić information content (AvgIpc) is 2.82. The Morgan fingerprint density at radius 2 is 1.58 bits per heavy atom. The zero-order valence-corrected chi connectivity index (χ0v) is 10.5. The van der Waals surface area contributed by atoms with Crippen LogP contribution in [0, 0.1) is 6.92 Å². The Hall–Kier alpha value is -1.84. The first-order chi connectivity index (χ1) is 9.25. The van der Waals surface area contributed by atoms with Crippen LogP contribution in [0.25, 0.3) is 0 Å². The van der Waals surface area contributed by atoms with E-state index in [0.717, 1.165) is 11.1 Å². The van der Waals surface area contributed by atoms with Gasteiger partial charge in [-0.15, -0.1) is 0 Å². The summed E-state index contributed by atoms with van der Waals surface area (Å²) in [6, 6.07) is 17.5. The van der Waals surface area contributed by atoms with E-state index in [1.807, 2.05) is 54.6 Å². The maximum Gasteiger partial charge on any atom is 0.185 e. The van der Waals surface area contributed by atoms with Crippen LogP contribution in [0.2, 0.25) is 0 Å². The summed E-state index contributed by atoms with van der Waals surface area (Å²) in [7, 11) is 0. The minimum Gasteiger partial charge on any atom is -0.398 e. The third kappa shape index (κ3) is 2.35. The van der Waals surface area contributed by atoms with Crippen molar-refractivity contribution in [2.75, 3.05) is 5.73 Å². The molecule has 3 atom stereocenters. The first-order valence-corrected chi connectivity index (χ1v) is 6.29. The van der Waals surface area contributed by atoms with Gasteiger partial charge >= 0.3 is 0 Å². The number of nitrogens with two attached hydrogens (primary N) is 1. The van der Waals surface area contributed by atoms with Gasteiger partial charge in [-0.05, 0) is 13.0 Å². The molecule has 2 aromatic carbocycles. The summed E-state index contributed by atoms with van der Waals surface area (Å²) < 4.78 is 11.7. The molecule has 1 saturated heterocycles. The zero-order valence-electron chi connectivity index (χ0n) is 10.5. The van der Waals surface area contributed by atoms with Crippen LogP contribution in [0.1, 0.15) is 23.5 Å². The van der Waals surface area contributed by atoms with Crippen LogP contribution < -0.4 is 5.73 Å². The van der Waals surface area contributed by atoms with Gasteiger partial charge in [0, 0.05) is 16.8 Å². The first kappa shape index (κ1) is 12.2. The van der Waals surface area contributed by atoms with E-state index < -0.39 is 0 Å². The second kappa shape index (κ2) is 5.03. The van der Waals surface area contributed by atoms with Crippen LogP contribution in [0.3, 0.4) is 0 Å². The number of nitrogen functional groups attached to an aromatic ring is 1. The molecule has 0 saturated carbocycles. The molecule has 3 rings (SSSR count). The molecule has 97 valence electrons. The number of rotatable bonds is 2. The maximum absolute atomic E-state index is 5.98. The molecule has 1 unspecified atom stereocenters. The summed E-state index contributed by atoms with van der Waals surface area (Å²) >= 11 is 0. The van der Waals surface area contributed by atoms with Crippen molar-refractivity contribution in [2.24, 2.45) is 0 Å². The highest BCUT2D eigenvalue weighted by Gasteiger charge is 2.35. The van der Waals surface area contributed by atoms with Gasteiger partial charge in [-0.25, -0.2) is 0 Å². The Morgan fingerprint density at radius 3 is 2.32 bits per heavy atom. The van der Waals surface area contributed by atoms with Crippen molar-refractivity contribution in [3.63, 3.8) is 0 Å². The summed E-state index contributed by atoms with van der Waals surface area (Å²) in [5.74, 6) is 0. The minimum atomic E-state index is -0.381. The van der Waals surface area contributed by atoms with Crippen molar-refractivity contribution >= 4 is 5.69 Å². The second-order valence-electron chi connectivity index (χ2n) is 4.60. The quantitative estimate of drug-likeness (QED) is 0.837. The molecule has 0 aliphatic carbocycles. The molecule has 0 spiro atoms. The highest BCUT2D eigenvalue weighted by atomic mass is 16.7. The van der Waals surface area contributed by atoms with Gasteiger partial charge < -0.3 is 15.2 Å². The van der Waals surface area contributed by atoms with Gasteiger partial charge in [0.25, 0.3) is 0 Å². The summed E-state index contributed by atoms with van der Waals surface area (Å²) in [4.78, 5) is 0. The Morgan fingerprint density at radius 1 is 0.895 bits per heavy atom. The summed E-state index contributed by atoms with van der Waals surface area (Å²) in [5.41, 5.74) is 8.62. The third-order valence-corrected chi connectivity index (χ3v) is 3.28. The summed E-state index contributed by atoms with van der Waals surface area (Å²) in [5, 5.41) is 0. The van der Waals surface area contributed by atoms with Gasteiger partial charge in [0.2, 0.25) is 0 Å². The first-order valence-electron chi connectivity index (χ1n) is 6.29. The van der Waals surface area contributed by atoms with E-state index in [-0.39, 0.29) is 18.5 Å². The number of hydrogen-bond donors (Lipinski definition) is 1. The molecular weight excluding hydrogens is 238 g/mol. The molecule has 3 nitrogen and oxygen atoms in total. The Balaban J connectivity index is 1.85. The zero-order chi connectivity index (χ0) is 13.2. The maximum atomic E-state index is 5.98.